The van der Waals surface area contributed by atoms with E-state index in [1.54, 1.807) is 0 Å². The molecule has 0 bridgehead atoms. The third kappa shape index (κ3) is 1.69. The number of hydrogen-bond acceptors (Lipinski definition) is 4. The van der Waals surface area contributed by atoms with Crippen LogP contribution in [0.2, 0.25) is 0 Å². The van der Waals surface area contributed by atoms with Crippen LogP contribution in [0.3, 0.4) is 0 Å². The molecule has 4 heteroatoms. The molecule has 0 N–H and O–H groups in total. The minimum atomic E-state index is -0.226. The zero-order valence-electron chi connectivity index (χ0n) is 8.25. The van der Waals surface area contributed by atoms with Crippen molar-refractivity contribution >= 4 is 0 Å². The highest BCUT2D eigenvalue weighted by Gasteiger charge is 2.12. The van der Waals surface area contributed by atoms with Gasteiger partial charge in [-0.05, 0) is 21.9 Å². The molecule has 0 spiro atoms. The Morgan fingerprint density at radius 2 is 1.57 bits per heavy atom. The zero-order valence-corrected chi connectivity index (χ0v) is 8.25. The third-order valence-electron chi connectivity index (χ3n) is 2.26. The first-order valence-electron chi connectivity index (χ1n) is 4.67. The molecule has 0 saturated carbocycles. The van der Waals surface area contributed by atoms with Crippen molar-refractivity contribution in [1.82, 2.24) is 0 Å². The van der Waals surface area contributed by atoms with Crippen LogP contribution in [0.1, 0.15) is 37.1 Å². The lowest BCUT2D eigenvalue weighted by Gasteiger charge is -2.06. The van der Waals surface area contributed by atoms with Crippen LogP contribution in [0, 0.1) is 0 Å². The molecule has 0 radical (unpaired) electrons. The maximum absolute atomic E-state index is 3.87. The van der Waals surface area contributed by atoms with Crippen molar-refractivity contribution in [2.75, 3.05) is 0 Å². The minimum absolute atomic E-state index is 0.226. The predicted octanol–water partition coefficient (Wildman–Crippen LogP) is 3.64. The van der Waals surface area contributed by atoms with Gasteiger partial charge in [0, 0.05) is 5.56 Å². The van der Waals surface area contributed by atoms with Crippen molar-refractivity contribution in [3.63, 3.8) is 0 Å². The van der Waals surface area contributed by atoms with Crippen LogP contribution < -0.4 is 0 Å². The summed E-state index contributed by atoms with van der Waals surface area (Å²) < 4.78 is 0. The second kappa shape index (κ2) is 3.65. The van der Waals surface area contributed by atoms with Crippen molar-refractivity contribution in [3.8, 4) is 0 Å². The van der Waals surface area contributed by atoms with E-state index in [9.17, 15) is 0 Å². The van der Waals surface area contributed by atoms with E-state index in [1.165, 1.54) is 5.56 Å². The van der Waals surface area contributed by atoms with Gasteiger partial charge >= 0.3 is 0 Å². The van der Waals surface area contributed by atoms with Crippen LogP contribution in [-0.2, 0) is 0 Å². The highest BCUT2D eigenvalue weighted by Crippen LogP contribution is 2.25. The van der Waals surface area contributed by atoms with Gasteiger partial charge in [-0.3, -0.25) is 0 Å². The normalized spacial score (nSPS) is 15.6. The van der Waals surface area contributed by atoms with Crippen LogP contribution >= 0.6 is 0 Å². The molecule has 1 aromatic rings. The monoisotopic (exact) mass is 188 g/mol. The number of hydrogen-bond donors (Lipinski definition) is 0. The van der Waals surface area contributed by atoms with Gasteiger partial charge < -0.3 is 0 Å². The molecule has 0 aromatic heterocycles. The summed E-state index contributed by atoms with van der Waals surface area (Å²) >= 11 is 0. The fraction of sp³-hybridized carbons (Fsp3) is 0.400. The van der Waals surface area contributed by atoms with Crippen molar-refractivity contribution in [1.29, 1.82) is 0 Å². The second-order valence-electron chi connectivity index (χ2n) is 3.60. The quantitative estimate of drug-likeness (QED) is 0.680. The first kappa shape index (κ1) is 8.99. The average Bonchev–Trinajstić information content (AvgIpc) is 2.71. The maximum Gasteiger partial charge on any atom is 0.210 e. The van der Waals surface area contributed by atoms with E-state index in [0.717, 1.165) is 5.56 Å². The molecular weight excluding hydrogens is 176 g/mol. The summed E-state index contributed by atoms with van der Waals surface area (Å²) in [5, 5.41) is 14.7. The van der Waals surface area contributed by atoms with Crippen LogP contribution in [0.4, 0.5) is 0 Å². The first-order chi connectivity index (χ1) is 6.77. The smallest absolute Gasteiger partial charge is 0.133 e. The molecule has 1 aliphatic heterocycles. The first-order valence-corrected chi connectivity index (χ1v) is 4.67. The molecule has 0 unspecified atom stereocenters. The molecule has 0 aliphatic carbocycles. The lowest BCUT2D eigenvalue weighted by Crippen LogP contribution is -1.91. The van der Waals surface area contributed by atoms with Crippen molar-refractivity contribution in [2.45, 2.75) is 25.9 Å². The van der Waals surface area contributed by atoms with Gasteiger partial charge in [0.05, 0.1) is 0 Å². The van der Waals surface area contributed by atoms with Crippen LogP contribution in [0.25, 0.3) is 0 Å². The number of nitrogens with zero attached hydrogens (tertiary/aromatic N) is 4. The number of rotatable bonds is 2. The van der Waals surface area contributed by atoms with Crippen molar-refractivity contribution in [3.05, 3.63) is 35.4 Å². The highest BCUT2D eigenvalue weighted by atomic mass is 15.6. The van der Waals surface area contributed by atoms with E-state index in [0.29, 0.717) is 5.92 Å². The Morgan fingerprint density at radius 1 is 1.00 bits per heavy atom. The van der Waals surface area contributed by atoms with Crippen LogP contribution in [0.5, 0.6) is 0 Å². The molecule has 14 heavy (non-hydrogen) atoms. The molecule has 4 nitrogen and oxygen atoms in total. The second-order valence-corrected chi connectivity index (χ2v) is 3.60. The molecular formula is C10H12N4. The third-order valence-corrected chi connectivity index (χ3v) is 2.26. The summed E-state index contributed by atoms with van der Waals surface area (Å²) in [6, 6.07) is 8.26. The molecule has 72 valence electrons. The Hall–Kier alpha value is -1.58. The van der Waals surface area contributed by atoms with Gasteiger partial charge in [-0.1, -0.05) is 38.1 Å². The van der Waals surface area contributed by atoms with Crippen LogP contribution in [0.15, 0.2) is 44.9 Å². The maximum atomic E-state index is 3.87. The summed E-state index contributed by atoms with van der Waals surface area (Å²) in [6.07, 6.45) is -0.226. The molecule has 0 amide bonds. The summed E-state index contributed by atoms with van der Waals surface area (Å²) in [4.78, 5) is 0. The molecule has 1 heterocycles. The minimum Gasteiger partial charge on any atom is -0.133 e. The van der Waals surface area contributed by atoms with E-state index in [2.05, 4.69) is 46.7 Å². The SMILES string of the molecule is CC(C)c1ccc(C2N=NN=N2)cc1. The van der Waals surface area contributed by atoms with Gasteiger partial charge in [0.25, 0.3) is 0 Å². The Balaban J connectivity index is 2.21. The Bertz CT molecular complexity index is 352. The van der Waals surface area contributed by atoms with E-state index in [-0.39, 0.29) is 6.17 Å². The van der Waals surface area contributed by atoms with E-state index >= 15 is 0 Å². The number of benzene rings is 1. The van der Waals surface area contributed by atoms with E-state index in [4.69, 9.17) is 0 Å². The zero-order chi connectivity index (χ0) is 9.97. The Morgan fingerprint density at radius 3 is 2.07 bits per heavy atom. The summed E-state index contributed by atoms with van der Waals surface area (Å²) in [7, 11) is 0. The Labute approximate surface area is 82.7 Å². The van der Waals surface area contributed by atoms with Gasteiger partial charge in [0.1, 0.15) is 0 Å². The van der Waals surface area contributed by atoms with Crippen molar-refractivity contribution < 1.29 is 0 Å². The standard InChI is InChI=1S/C10H12N4/c1-7(2)8-3-5-9(6-4-8)10-11-13-14-12-10/h3-7,10H,1-2H3. The van der Waals surface area contributed by atoms with Crippen molar-refractivity contribution in [2.24, 2.45) is 20.7 Å². The highest BCUT2D eigenvalue weighted by molar-refractivity contribution is 5.26. The summed E-state index contributed by atoms with van der Waals surface area (Å²) in [5.41, 5.74) is 2.36. The van der Waals surface area contributed by atoms with Crippen LogP contribution in [-0.4, -0.2) is 0 Å². The summed E-state index contributed by atoms with van der Waals surface area (Å²) in [5.74, 6) is 0.552. The van der Waals surface area contributed by atoms with Gasteiger partial charge in [-0.15, -0.1) is 10.2 Å². The fourth-order valence-corrected chi connectivity index (χ4v) is 1.35. The fourth-order valence-electron chi connectivity index (χ4n) is 1.35. The molecule has 1 aliphatic rings. The van der Waals surface area contributed by atoms with Gasteiger partial charge in [0.2, 0.25) is 6.17 Å². The lowest BCUT2D eigenvalue weighted by molar-refractivity contribution is 0.762. The van der Waals surface area contributed by atoms with Gasteiger partial charge in [-0.25, -0.2) is 0 Å². The topological polar surface area (TPSA) is 49.4 Å². The predicted molar refractivity (Wildman–Crippen MR) is 53.0 cm³/mol. The largest absolute Gasteiger partial charge is 0.210 e. The molecule has 1 aromatic carbocycles. The lowest BCUT2D eigenvalue weighted by atomic mass is 10.0. The Kier molecular flexibility index (Phi) is 2.35. The molecule has 0 atom stereocenters. The molecule has 0 fully saturated rings. The van der Waals surface area contributed by atoms with E-state index < -0.39 is 0 Å². The molecule has 0 saturated heterocycles. The summed E-state index contributed by atoms with van der Waals surface area (Å²) in [6.45, 7) is 4.34. The average molecular weight is 188 g/mol. The molecule has 2 rings (SSSR count). The van der Waals surface area contributed by atoms with Gasteiger partial charge in [0.15, 0.2) is 0 Å². The van der Waals surface area contributed by atoms with Gasteiger partial charge in [-0.2, -0.15) is 0 Å². The van der Waals surface area contributed by atoms with E-state index in [1.807, 2.05) is 12.1 Å².